The van der Waals surface area contributed by atoms with E-state index in [1.165, 1.54) is 24.5 Å². The van der Waals surface area contributed by atoms with Crippen LogP contribution in [0.25, 0.3) is 0 Å². The molecule has 1 aliphatic heterocycles. The number of hydrogen-bond acceptors (Lipinski definition) is 6. The SMILES string of the molecule is COc1ccc(C(=O)N2CCN(c3cc(Oc4ccc(F)cc4Cl)ncn3)CC2)cc1. The molecule has 4 rings (SSSR count). The molecule has 0 radical (unpaired) electrons. The number of carbonyl (C=O) groups excluding carboxylic acids is 1. The predicted octanol–water partition coefficient (Wildman–Crippen LogP) is 4.03. The van der Waals surface area contributed by atoms with Gasteiger partial charge in [-0.25, -0.2) is 14.4 Å². The van der Waals surface area contributed by atoms with Crippen molar-refractivity contribution in [1.82, 2.24) is 14.9 Å². The van der Waals surface area contributed by atoms with Crippen LogP contribution >= 0.6 is 11.6 Å². The number of aromatic nitrogens is 2. The molecule has 0 saturated carbocycles. The molecule has 0 unspecified atom stereocenters. The van der Waals surface area contributed by atoms with E-state index in [-0.39, 0.29) is 10.9 Å². The molecule has 1 amide bonds. The van der Waals surface area contributed by atoms with Crippen LogP contribution in [0.3, 0.4) is 0 Å². The monoisotopic (exact) mass is 442 g/mol. The maximum absolute atomic E-state index is 13.2. The van der Waals surface area contributed by atoms with Crippen molar-refractivity contribution in [3.05, 3.63) is 71.3 Å². The summed E-state index contributed by atoms with van der Waals surface area (Å²) >= 11 is 6.02. The van der Waals surface area contributed by atoms with Gasteiger partial charge < -0.3 is 19.3 Å². The first-order valence-electron chi connectivity index (χ1n) is 9.67. The maximum Gasteiger partial charge on any atom is 0.253 e. The summed E-state index contributed by atoms with van der Waals surface area (Å²) in [5.74, 6) is 1.55. The van der Waals surface area contributed by atoms with Gasteiger partial charge in [0.2, 0.25) is 5.88 Å². The number of nitrogens with zero attached hydrogens (tertiary/aromatic N) is 4. The molecule has 3 aromatic rings. The first-order valence-corrected chi connectivity index (χ1v) is 10.0. The second-order valence-corrected chi connectivity index (χ2v) is 7.31. The van der Waals surface area contributed by atoms with Crippen molar-refractivity contribution < 1.29 is 18.7 Å². The number of halogens is 2. The Morgan fingerprint density at radius 1 is 1.03 bits per heavy atom. The zero-order valence-corrected chi connectivity index (χ0v) is 17.6. The Bertz CT molecular complexity index is 1070. The largest absolute Gasteiger partial charge is 0.497 e. The van der Waals surface area contributed by atoms with E-state index in [2.05, 4.69) is 14.9 Å². The van der Waals surface area contributed by atoms with Gasteiger partial charge in [-0.05, 0) is 42.5 Å². The highest BCUT2D eigenvalue weighted by molar-refractivity contribution is 6.32. The summed E-state index contributed by atoms with van der Waals surface area (Å²) in [6.07, 6.45) is 1.40. The van der Waals surface area contributed by atoms with Crippen LogP contribution in [-0.2, 0) is 0 Å². The van der Waals surface area contributed by atoms with Crippen LogP contribution in [0.15, 0.2) is 54.9 Å². The average molecular weight is 443 g/mol. The third-order valence-corrected chi connectivity index (χ3v) is 5.26. The third kappa shape index (κ3) is 4.86. The van der Waals surface area contributed by atoms with E-state index in [0.29, 0.717) is 54.9 Å². The molecule has 0 atom stereocenters. The van der Waals surface area contributed by atoms with Crippen molar-refractivity contribution in [2.45, 2.75) is 0 Å². The van der Waals surface area contributed by atoms with E-state index in [4.69, 9.17) is 21.1 Å². The quantitative estimate of drug-likeness (QED) is 0.594. The Morgan fingerprint density at radius 3 is 2.45 bits per heavy atom. The lowest BCUT2D eigenvalue weighted by atomic mass is 10.1. The Hall–Kier alpha value is -3.39. The fourth-order valence-corrected chi connectivity index (χ4v) is 3.49. The number of piperazine rings is 1. The van der Waals surface area contributed by atoms with Crippen LogP contribution in [0.1, 0.15) is 10.4 Å². The van der Waals surface area contributed by atoms with Crippen molar-refractivity contribution in [3.63, 3.8) is 0 Å². The van der Waals surface area contributed by atoms with Gasteiger partial charge in [-0.1, -0.05) is 11.6 Å². The van der Waals surface area contributed by atoms with Gasteiger partial charge in [0, 0.05) is 37.8 Å². The molecule has 31 heavy (non-hydrogen) atoms. The van der Waals surface area contributed by atoms with Crippen LogP contribution in [0.4, 0.5) is 10.2 Å². The number of rotatable bonds is 5. The standard InChI is InChI=1S/C22H20ClFN4O3/c1-30-17-5-2-15(3-6-17)22(29)28-10-8-27(9-11-28)20-13-21(26-14-25-20)31-19-7-4-16(24)12-18(19)23/h2-7,12-14H,8-11H2,1H3. The number of anilines is 1. The number of amides is 1. The zero-order valence-electron chi connectivity index (χ0n) is 16.8. The number of benzene rings is 2. The highest BCUT2D eigenvalue weighted by Gasteiger charge is 2.23. The van der Waals surface area contributed by atoms with E-state index in [1.807, 2.05) is 4.90 Å². The number of carbonyl (C=O) groups is 1. The minimum atomic E-state index is -0.442. The number of hydrogen-bond donors (Lipinski definition) is 0. The molecule has 0 spiro atoms. The molecule has 160 valence electrons. The third-order valence-electron chi connectivity index (χ3n) is 4.96. The zero-order chi connectivity index (χ0) is 21.8. The fourth-order valence-electron chi connectivity index (χ4n) is 3.28. The van der Waals surface area contributed by atoms with E-state index in [0.717, 1.165) is 0 Å². The molecule has 0 N–H and O–H groups in total. The summed E-state index contributed by atoms with van der Waals surface area (Å²) in [4.78, 5) is 25.0. The molecule has 9 heteroatoms. The first-order chi connectivity index (χ1) is 15.0. The smallest absolute Gasteiger partial charge is 0.253 e. The summed E-state index contributed by atoms with van der Waals surface area (Å²) in [5.41, 5.74) is 0.628. The molecule has 2 aromatic carbocycles. The Morgan fingerprint density at radius 2 is 1.77 bits per heavy atom. The normalized spacial score (nSPS) is 13.8. The van der Waals surface area contributed by atoms with Crippen molar-refractivity contribution >= 4 is 23.3 Å². The minimum absolute atomic E-state index is 0.0139. The highest BCUT2D eigenvalue weighted by Crippen LogP contribution is 2.30. The topological polar surface area (TPSA) is 67.8 Å². The number of ether oxygens (including phenoxy) is 2. The molecule has 0 aliphatic carbocycles. The first kappa shape index (κ1) is 20.9. The molecule has 1 fully saturated rings. The summed E-state index contributed by atoms with van der Waals surface area (Å²) < 4.78 is 24.0. The molecule has 7 nitrogen and oxygen atoms in total. The van der Waals surface area contributed by atoms with Crippen molar-refractivity contribution in [3.8, 4) is 17.4 Å². The van der Waals surface area contributed by atoms with Gasteiger partial charge in [0.1, 0.15) is 29.5 Å². The second-order valence-electron chi connectivity index (χ2n) is 6.90. The van der Waals surface area contributed by atoms with Gasteiger partial charge in [0.25, 0.3) is 5.91 Å². The summed E-state index contributed by atoms with van der Waals surface area (Å²) in [6.45, 7) is 2.37. The molecule has 2 heterocycles. The van der Waals surface area contributed by atoms with E-state index in [9.17, 15) is 9.18 Å². The van der Waals surface area contributed by atoms with Crippen molar-refractivity contribution in [2.75, 3.05) is 38.2 Å². The van der Waals surface area contributed by atoms with Gasteiger partial charge in [0.05, 0.1) is 12.1 Å². The molecular formula is C22H20ClFN4O3. The minimum Gasteiger partial charge on any atom is -0.497 e. The van der Waals surface area contributed by atoms with Gasteiger partial charge in [0.15, 0.2) is 0 Å². The molecule has 1 saturated heterocycles. The fraction of sp³-hybridized carbons (Fsp3) is 0.227. The molecule has 0 bridgehead atoms. The number of methoxy groups -OCH3 is 1. The van der Waals surface area contributed by atoms with Crippen LogP contribution < -0.4 is 14.4 Å². The summed E-state index contributed by atoms with van der Waals surface area (Å²) in [6, 6.07) is 12.7. The second kappa shape index (κ2) is 9.18. The maximum atomic E-state index is 13.2. The summed E-state index contributed by atoms with van der Waals surface area (Å²) in [7, 11) is 1.59. The lowest BCUT2D eigenvalue weighted by Gasteiger charge is -2.35. The van der Waals surface area contributed by atoms with E-state index >= 15 is 0 Å². The van der Waals surface area contributed by atoms with Crippen LogP contribution in [0.5, 0.6) is 17.4 Å². The predicted molar refractivity (Wildman–Crippen MR) is 115 cm³/mol. The van der Waals surface area contributed by atoms with Gasteiger partial charge >= 0.3 is 0 Å². The van der Waals surface area contributed by atoms with Gasteiger partial charge in [-0.3, -0.25) is 4.79 Å². The lowest BCUT2D eigenvalue weighted by Crippen LogP contribution is -2.49. The Labute approximate surface area is 184 Å². The van der Waals surface area contributed by atoms with Crippen LogP contribution in [-0.4, -0.2) is 54.1 Å². The summed E-state index contributed by atoms with van der Waals surface area (Å²) in [5, 5.41) is 0.158. The van der Waals surface area contributed by atoms with E-state index < -0.39 is 5.82 Å². The van der Waals surface area contributed by atoms with Gasteiger partial charge in [-0.2, -0.15) is 0 Å². The molecule has 1 aliphatic rings. The Kier molecular flexibility index (Phi) is 6.18. The van der Waals surface area contributed by atoms with Gasteiger partial charge in [-0.15, -0.1) is 0 Å². The molecular weight excluding hydrogens is 423 g/mol. The van der Waals surface area contributed by atoms with Crippen molar-refractivity contribution in [2.24, 2.45) is 0 Å². The Balaban J connectivity index is 1.39. The lowest BCUT2D eigenvalue weighted by molar-refractivity contribution is 0.0746. The van der Waals surface area contributed by atoms with Crippen molar-refractivity contribution in [1.29, 1.82) is 0 Å². The van der Waals surface area contributed by atoms with Crippen LogP contribution in [0, 0.1) is 5.82 Å². The average Bonchev–Trinajstić information content (AvgIpc) is 2.81. The molecule has 1 aromatic heterocycles. The highest BCUT2D eigenvalue weighted by atomic mass is 35.5. The van der Waals surface area contributed by atoms with Crippen LogP contribution in [0.2, 0.25) is 5.02 Å². The van der Waals surface area contributed by atoms with E-state index in [1.54, 1.807) is 37.4 Å².